The minimum absolute atomic E-state index is 0.0880. The van der Waals surface area contributed by atoms with E-state index in [0.29, 0.717) is 0 Å². The van der Waals surface area contributed by atoms with Crippen LogP contribution >= 0.6 is 11.6 Å². The van der Waals surface area contributed by atoms with Crippen LogP contribution in [0.4, 0.5) is 5.69 Å². The normalized spacial score (nSPS) is 21.0. The first-order valence-electron chi connectivity index (χ1n) is 10.4. The number of nitrogens with one attached hydrogen (secondary N) is 1. The lowest BCUT2D eigenvalue weighted by Gasteiger charge is -2.30. The highest BCUT2D eigenvalue weighted by molar-refractivity contribution is 6.30. The summed E-state index contributed by atoms with van der Waals surface area (Å²) in [6.07, 6.45) is 0. The van der Waals surface area contributed by atoms with Crippen molar-refractivity contribution in [3.8, 4) is 0 Å². The van der Waals surface area contributed by atoms with Crippen molar-refractivity contribution >= 4 is 29.2 Å². The van der Waals surface area contributed by atoms with Crippen molar-refractivity contribution in [1.29, 1.82) is 0 Å². The summed E-state index contributed by atoms with van der Waals surface area (Å²) in [5.41, 5.74) is -1.95. The number of ether oxygens (including phenoxy) is 2. The van der Waals surface area contributed by atoms with Crippen LogP contribution in [0.5, 0.6) is 0 Å². The zero-order chi connectivity index (χ0) is 25.0. The molecule has 0 saturated carbocycles. The first-order chi connectivity index (χ1) is 16.2. The van der Waals surface area contributed by atoms with Crippen LogP contribution in [-0.4, -0.2) is 46.6 Å². The number of carbonyl (C=O) groups is 2. The van der Waals surface area contributed by atoms with Crippen molar-refractivity contribution in [3.63, 3.8) is 0 Å². The number of hydrogen-bond acceptors (Lipinski definition) is 9. The number of non-ortho nitro benzene ring substituents is 1. The van der Waals surface area contributed by atoms with Crippen molar-refractivity contribution < 1.29 is 28.9 Å². The maximum atomic E-state index is 13.3. The molecule has 180 valence electrons. The Balaban J connectivity index is 2.27. The van der Waals surface area contributed by atoms with Crippen LogP contribution in [0.1, 0.15) is 36.9 Å². The van der Waals surface area contributed by atoms with Crippen LogP contribution in [-0.2, 0) is 19.1 Å². The molecule has 0 radical (unpaired) electrons. The first-order valence-corrected chi connectivity index (χ1v) is 10.8. The number of hydrogen-bond donors (Lipinski definition) is 1. The second-order valence-corrected chi connectivity index (χ2v) is 7.96. The summed E-state index contributed by atoms with van der Waals surface area (Å²) in [4.78, 5) is 48.9. The number of nitrogens with zero attached hydrogens (tertiary/aromatic N) is 2. The van der Waals surface area contributed by atoms with Crippen LogP contribution < -0.4 is 5.32 Å². The van der Waals surface area contributed by atoms with E-state index in [1.807, 2.05) is 0 Å². The summed E-state index contributed by atoms with van der Waals surface area (Å²) < 4.78 is 10.4. The van der Waals surface area contributed by atoms with E-state index < -0.39 is 45.3 Å². The Kier molecular flexibility index (Phi) is 7.48. The molecule has 12 heteroatoms. The third kappa shape index (κ3) is 4.44. The van der Waals surface area contributed by atoms with Crippen LogP contribution in [0.3, 0.4) is 0 Å². The molecule has 3 atom stereocenters. The molecule has 3 rings (SSSR count). The van der Waals surface area contributed by atoms with Gasteiger partial charge in [-0.3, -0.25) is 25.5 Å². The molecule has 1 heterocycles. The van der Waals surface area contributed by atoms with Crippen LogP contribution in [0.25, 0.3) is 0 Å². The number of nitro groups is 2. The van der Waals surface area contributed by atoms with Gasteiger partial charge in [0.15, 0.2) is 0 Å². The Bertz CT molecular complexity index is 1090. The predicted octanol–water partition coefficient (Wildman–Crippen LogP) is 3.19. The molecular formula is C22H22ClN3O8. The largest absolute Gasteiger partial charge is 0.464 e. The van der Waals surface area contributed by atoms with Crippen molar-refractivity contribution in [2.24, 2.45) is 0 Å². The molecule has 0 unspecified atom stereocenters. The predicted molar refractivity (Wildman–Crippen MR) is 120 cm³/mol. The highest BCUT2D eigenvalue weighted by Crippen LogP contribution is 2.47. The van der Waals surface area contributed by atoms with Gasteiger partial charge in [-0.15, -0.1) is 0 Å². The third-order valence-electron chi connectivity index (χ3n) is 5.64. The van der Waals surface area contributed by atoms with Crippen molar-refractivity contribution in [2.75, 3.05) is 13.2 Å². The topological polar surface area (TPSA) is 151 Å². The fraction of sp³-hybridized carbons (Fsp3) is 0.364. The zero-order valence-corrected chi connectivity index (χ0v) is 19.1. The molecule has 1 aliphatic rings. The Hall–Kier alpha value is -3.57. The van der Waals surface area contributed by atoms with Crippen LogP contribution in [0.2, 0.25) is 5.02 Å². The molecule has 0 spiro atoms. The van der Waals surface area contributed by atoms with Gasteiger partial charge in [0, 0.05) is 22.1 Å². The van der Waals surface area contributed by atoms with Crippen molar-refractivity contribution in [3.05, 3.63) is 84.9 Å². The molecule has 2 aromatic rings. The van der Waals surface area contributed by atoms with Gasteiger partial charge in [-0.25, -0.2) is 9.59 Å². The van der Waals surface area contributed by atoms with E-state index in [9.17, 15) is 29.8 Å². The molecule has 0 bridgehead atoms. The maximum absolute atomic E-state index is 13.3. The number of nitro benzene ring substituents is 1. The van der Waals surface area contributed by atoms with Gasteiger partial charge in [-0.2, -0.15) is 0 Å². The zero-order valence-electron chi connectivity index (χ0n) is 18.3. The molecule has 0 aliphatic carbocycles. The summed E-state index contributed by atoms with van der Waals surface area (Å²) in [5.74, 6) is -3.43. The summed E-state index contributed by atoms with van der Waals surface area (Å²) in [5, 5.41) is 26.5. The standard InChI is InChI=1S/C22H22ClN3O8/c1-3-33-20(27)22(21(28)34-4-2)17(14-6-5-7-15(23)12-14)19(26(31)32)18(24-22)13-8-10-16(11-9-13)25(29)30/h5-12,17-19,24H,3-4H2,1-2H3/t17-,18-,19-/m1/s1. The SMILES string of the molecule is CCOC(=O)C1(C(=O)OCC)N[C@H](c2ccc([N+](=O)[O-])cc2)[C@H]([N+](=O)[O-])[C@H]1c1cccc(Cl)c1. The fourth-order valence-electron chi connectivity index (χ4n) is 4.29. The summed E-state index contributed by atoms with van der Waals surface area (Å²) in [6, 6.07) is 8.40. The second-order valence-electron chi connectivity index (χ2n) is 7.53. The lowest BCUT2D eigenvalue weighted by atomic mass is 9.77. The lowest BCUT2D eigenvalue weighted by molar-refractivity contribution is -0.527. The minimum Gasteiger partial charge on any atom is -0.464 e. The smallest absolute Gasteiger partial charge is 0.339 e. The highest BCUT2D eigenvalue weighted by Gasteiger charge is 2.69. The summed E-state index contributed by atoms with van der Waals surface area (Å²) in [7, 11) is 0. The van der Waals surface area contributed by atoms with Gasteiger partial charge in [-0.1, -0.05) is 35.9 Å². The molecule has 1 aliphatic heterocycles. The Morgan fingerprint density at radius 3 is 2.06 bits per heavy atom. The van der Waals surface area contributed by atoms with Gasteiger partial charge in [-0.05, 0) is 37.1 Å². The van der Waals surface area contributed by atoms with Gasteiger partial charge in [0.2, 0.25) is 11.6 Å². The fourth-order valence-corrected chi connectivity index (χ4v) is 4.49. The molecule has 11 nitrogen and oxygen atoms in total. The van der Waals surface area contributed by atoms with E-state index >= 15 is 0 Å². The number of halogens is 1. The van der Waals surface area contributed by atoms with Crippen molar-refractivity contribution in [1.82, 2.24) is 5.32 Å². The van der Waals surface area contributed by atoms with E-state index in [1.165, 1.54) is 36.4 Å². The van der Waals surface area contributed by atoms with Gasteiger partial charge in [0.1, 0.15) is 6.04 Å². The molecule has 0 amide bonds. The molecule has 1 fully saturated rings. The number of esters is 2. The van der Waals surface area contributed by atoms with Gasteiger partial charge in [0.25, 0.3) is 5.69 Å². The third-order valence-corrected chi connectivity index (χ3v) is 5.88. The number of benzene rings is 2. The first kappa shape index (κ1) is 25.1. The maximum Gasteiger partial charge on any atom is 0.339 e. The van der Waals surface area contributed by atoms with E-state index in [1.54, 1.807) is 26.0 Å². The lowest BCUT2D eigenvalue weighted by Crippen LogP contribution is -2.60. The van der Waals surface area contributed by atoms with Gasteiger partial charge in [0.05, 0.1) is 24.1 Å². The molecule has 2 aromatic carbocycles. The van der Waals surface area contributed by atoms with Gasteiger partial charge >= 0.3 is 11.9 Å². The van der Waals surface area contributed by atoms with Crippen LogP contribution in [0, 0.1) is 20.2 Å². The Morgan fingerprint density at radius 1 is 1.00 bits per heavy atom. The average molecular weight is 492 g/mol. The van der Waals surface area contributed by atoms with Gasteiger partial charge < -0.3 is 9.47 Å². The molecule has 1 N–H and O–H groups in total. The van der Waals surface area contributed by atoms with E-state index in [2.05, 4.69) is 5.32 Å². The molecule has 1 saturated heterocycles. The van der Waals surface area contributed by atoms with E-state index in [4.69, 9.17) is 21.1 Å². The second kappa shape index (κ2) is 10.1. The average Bonchev–Trinajstić information content (AvgIpc) is 3.17. The minimum atomic E-state index is -2.26. The van der Waals surface area contributed by atoms with E-state index in [-0.39, 0.29) is 35.1 Å². The number of rotatable bonds is 8. The Morgan fingerprint density at radius 2 is 1.59 bits per heavy atom. The highest BCUT2D eigenvalue weighted by atomic mass is 35.5. The quantitative estimate of drug-likeness (QED) is 0.254. The molecular weight excluding hydrogens is 470 g/mol. The molecule has 34 heavy (non-hydrogen) atoms. The Labute approximate surface area is 199 Å². The summed E-state index contributed by atoms with van der Waals surface area (Å²) in [6.45, 7) is 2.91. The van der Waals surface area contributed by atoms with Crippen molar-refractivity contribution in [2.45, 2.75) is 37.4 Å². The van der Waals surface area contributed by atoms with Crippen LogP contribution in [0.15, 0.2) is 48.5 Å². The summed E-state index contributed by atoms with van der Waals surface area (Å²) >= 11 is 6.14. The molecule has 0 aromatic heterocycles. The number of carbonyl (C=O) groups excluding carboxylic acids is 2. The van der Waals surface area contributed by atoms with E-state index in [0.717, 1.165) is 0 Å². The monoisotopic (exact) mass is 491 g/mol.